The summed E-state index contributed by atoms with van der Waals surface area (Å²) < 4.78 is 16.8. The van der Waals surface area contributed by atoms with Crippen molar-refractivity contribution in [2.24, 2.45) is 0 Å². The van der Waals surface area contributed by atoms with Crippen molar-refractivity contribution < 1.29 is 28.6 Å². The Morgan fingerprint density at radius 1 is 1.07 bits per heavy atom. The third-order valence-electron chi connectivity index (χ3n) is 4.31. The van der Waals surface area contributed by atoms with Gasteiger partial charge in [-0.25, -0.2) is 0 Å². The van der Waals surface area contributed by atoms with Gasteiger partial charge < -0.3 is 24.8 Å². The van der Waals surface area contributed by atoms with Crippen molar-refractivity contribution in [1.29, 1.82) is 0 Å². The van der Waals surface area contributed by atoms with Gasteiger partial charge in [-0.1, -0.05) is 22.0 Å². The van der Waals surface area contributed by atoms with Crippen LogP contribution in [0.3, 0.4) is 0 Å². The van der Waals surface area contributed by atoms with Crippen LogP contribution in [-0.4, -0.2) is 44.1 Å². The molecule has 1 unspecified atom stereocenters. The number of amides is 2. The van der Waals surface area contributed by atoms with Gasteiger partial charge >= 0.3 is 5.97 Å². The largest absolute Gasteiger partial charge is 0.486 e. The number of fused-ring (bicyclic) bond motifs is 1. The minimum Gasteiger partial charge on any atom is -0.486 e. The Balaban J connectivity index is 1.41. The molecule has 0 aromatic heterocycles. The summed E-state index contributed by atoms with van der Waals surface area (Å²) in [6, 6.07) is 11.8. The number of rotatable bonds is 7. The van der Waals surface area contributed by atoms with E-state index in [0.717, 1.165) is 10.0 Å². The van der Waals surface area contributed by atoms with Crippen molar-refractivity contribution in [2.75, 3.05) is 26.4 Å². The highest BCUT2D eigenvalue weighted by Gasteiger charge is 2.17. The molecule has 0 saturated heterocycles. The number of nitrogens with one attached hydrogen (secondary N) is 2. The van der Waals surface area contributed by atoms with E-state index in [1.54, 1.807) is 30.3 Å². The van der Waals surface area contributed by atoms with Crippen molar-refractivity contribution in [3.63, 3.8) is 0 Å². The van der Waals surface area contributed by atoms with Crippen molar-refractivity contribution in [1.82, 2.24) is 10.6 Å². The van der Waals surface area contributed by atoms with E-state index in [4.69, 9.17) is 14.2 Å². The molecule has 0 saturated carbocycles. The van der Waals surface area contributed by atoms with Crippen molar-refractivity contribution in [3.05, 3.63) is 58.1 Å². The number of benzene rings is 2. The molecular formula is C21H21BrN2O6. The van der Waals surface area contributed by atoms with Crippen LogP contribution in [0.15, 0.2) is 46.9 Å². The Kier molecular flexibility index (Phi) is 7.29. The lowest BCUT2D eigenvalue weighted by atomic mass is 10.1. The molecule has 1 aliphatic heterocycles. The maximum Gasteiger partial charge on any atom is 0.325 e. The van der Waals surface area contributed by atoms with Crippen LogP contribution in [0.25, 0.3) is 0 Å². The first-order valence-electron chi connectivity index (χ1n) is 9.30. The van der Waals surface area contributed by atoms with Crippen LogP contribution in [0.2, 0.25) is 0 Å². The summed E-state index contributed by atoms with van der Waals surface area (Å²) in [7, 11) is 0. The van der Waals surface area contributed by atoms with E-state index in [0.29, 0.717) is 30.3 Å². The van der Waals surface area contributed by atoms with E-state index in [1.807, 2.05) is 19.1 Å². The van der Waals surface area contributed by atoms with Crippen LogP contribution in [-0.2, 0) is 14.3 Å². The van der Waals surface area contributed by atoms with Crippen LogP contribution in [0.4, 0.5) is 0 Å². The third kappa shape index (κ3) is 5.96. The SMILES string of the molecule is CC(NC(=O)COC(=O)CNC(=O)c1ccc(Br)cc1)c1ccc2c(c1)OCCO2. The van der Waals surface area contributed by atoms with Gasteiger partial charge in [-0.05, 0) is 48.9 Å². The van der Waals surface area contributed by atoms with Gasteiger partial charge in [0.25, 0.3) is 11.8 Å². The van der Waals surface area contributed by atoms with E-state index >= 15 is 0 Å². The first-order chi connectivity index (χ1) is 14.4. The molecule has 2 amide bonds. The van der Waals surface area contributed by atoms with E-state index in [-0.39, 0.29) is 12.6 Å². The van der Waals surface area contributed by atoms with Crippen LogP contribution >= 0.6 is 15.9 Å². The number of halogens is 1. The molecule has 0 radical (unpaired) electrons. The molecule has 0 aliphatic carbocycles. The molecule has 0 spiro atoms. The predicted molar refractivity (Wildman–Crippen MR) is 111 cm³/mol. The Morgan fingerprint density at radius 2 is 1.77 bits per heavy atom. The van der Waals surface area contributed by atoms with Gasteiger partial charge in [0.1, 0.15) is 19.8 Å². The third-order valence-corrected chi connectivity index (χ3v) is 4.84. The molecule has 1 aliphatic rings. The van der Waals surface area contributed by atoms with Gasteiger partial charge in [0.05, 0.1) is 6.04 Å². The Labute approximate surface area is 182 Å². The highest BCUT2D eigenvalue weighted by Crippen LogP contribution is 2.32. The fourth-order valence-electron chi connectivity index (χ4n) is 2.75. The molecule has 158 valence electrons. The Hall–Kier alpha value is -3.07. The zero-order chi connectivity index (χ0) is 21.5. The second-order valence-corrected chi connectivity index (χ2v) is 7.46. The van der Waals surface area contributed by atoms with Gasteiger partial charge in [0.2, 0.25) is 0 Å². The lowest BCUT2D eigenvalue weighted by Gasteiger charge is -2.21. The molecule has 3 rings (SSSR count). The summed E-state index contributed by atoms with van der Waals surface area (Å²) in [5.41, 5.74) is 1.25. The van der Waals surface area contributed by atoms with E-state index in [2.05, 4.69) is 26.6 Å². The monoisotopic (exact) mass is 476 g/mol. The zero-order valence-electron chi connectivity index (χ0n) is 16.3. The fraction of sp³-hybridized carbons (Fsp3) is 0.286. The average Bonchev–Trinajstić information content (AvgIpc) is 2.76. The topological polar surface area (TPSA) is 103 Å². The molecule has 0 fully saturated rings. The Bertz CT molecular complexity index is 932. The van der Waals surface area contributed by atoms with Crippen LogP contribution in [0.5, 0.6) is 11.5 Å². The van der Waals surface area contributed by atoms with E-state index < -0.39 is 24.4 Å². The molecule has 2 aromatic carbocycles. The standard InChI is InChI=1S/C21H21BrN2O6/c1-13(15-4-7-17-18(10-15)29-9-8-28-17)24-19(25)12-30-20(26)11-23-21(27)14-2-5-16(22)6-3-14/h2-7,10,13H,8-9,11-12H2,1H3,(H,23,27)(H,24,25). The van der Waals surface area contributed by atoms with Crippen LogP contribution < -0.4 is 20.1 Å². The molecule has 1 heterocycles. The highest BCUT2D eigenvalue weighted by molar-refractivity contribution is 9.10. The molecule has 0 bridgehead atoms. The summed E-state index contributed by atoms with van der Waals surface area (Å²) >= 11 is 3.28. The zero-order valence-corrected chi connectivity index (χ0v) is 17.9. The van der Waals surface area contributed by atoms with Crippen molar-refractivity contribution in [3.8, 4) is 11.5 Å². The molecule has 2 aromatic rings. The number of ether oxygens (including phenoxy) is 3. The second kappa shape index (κ2) is 10.1. The fourth-order valence-corrected chi connectivity index (χ4v) is 3.01. The molecule has 2 N–H and O–H groups in total. The number of hydrogen-bond donors (Lipinski definition) is 2. The number of carbonyl (C=O) groups excluding carboxylic acids is 3. The second-order valence-electron chi connectivity index (χ2n) is 6.54. The lowest BCUT2D eigenvalue weighted by molar-refractivity contribution is -0.147. The quantitative estimate of drug-likeness (QED) is 0.594. The summed E-state index contributed by atoms with van der Waals surface area (Å²) in [5, 5.41) is 5.20. The smallest absolute Gasteiger partial charge is 0.325 e. The summed E-state index contributed by atoms with van der Waals surface area (Å²) in [6.45, 7) is 2.02. The maximum absolute atomic E-state index is 12.1. The molecule has 8 nitrogen and oxygen atoms in total. The van der Waals surface area contributed by atoms with E-state index in [9.17, 15) is 14.4 Å². The average molecular weight is 477 g/mol. The lowest BCUT2D eigenvalue weighted by Crippen LogP contribution is -2.34. The predicted octanol–water partition coefficient (Wildman–Crippen LogP) is 2.37. The summed E-state index contributed by atoms with van der Waals surface area (Å²) in [4.78, 5) is 35.8. The van der Waals surface area contributed by atoms with Gasteiger partial charge in [0.15, 0.2) is 18.1 Å². The molecular weight excluding hydrogens is 456 g/mol. The summed E-state index contributed by atoms with van der Waals surface area (Å²) in [6.07, 6.45) is 0. The van der Waals surface area contributed by atoms with Crippen LogP contribution in [0.1, 0.15) is 28.9 Å². The maximum atomic E-state index is 12.1. The number of esters is 1. The Morgan fingerprint density at radius 3 is 2.50 bits per heavy atom. The minimum absolute atomic E-state index is 0.316. The number of hydrogen-bond acceptors (Lipinski definition) is 6. The minimum atomic E-state index is -0.706. The van der Waals surface area contributed by atoms with E-state index in [1.165, 1.54) is 0 Å². The van der Waals surface area contributed by atoms with Gasteiger partial charge in [0, 0.05) is 10.0 Å². The molecule has 1 atom stereocenters. The highest BCUT2D eigenvalue weighted by atomic mass is 79.9. The first-order valence-corrected chi connectivity index (χ1v) is 10.1. The van der Waals surface area contributed by atoms with Gasteiger partial charge in [-0.2, -0.15) is 0 Å². The number of carbonyl (C=O) groups is 3. The molecule has 30 heavy (non-hydrogen) atoms. The normalized spacial score (nSPS) is 13.1. The van der Waals surface area contributed by atoms with Crippen molar-refractivity contribution in [2.45, 2.75) is 13.0 Å². The first kappa shape index (κ1) is 21.6. The van der Waals surface area contributed by atoms with Crippen molar-refractivity contribution >= 4 is 33.7 Å². The van der Waals surface area contributed by atoms with Crippen LogP contribution in [0, 0.1) is 0 Å². The van der Waals surface area contributed by atoms with Gasteiger partial charge in [-0.3, -0.25) is 14.4 Å². The molecule has 9 heteroatoms. The van der Waals surface area contributed by atoms with Gasteiger partial charge in [-0.15, -0.1) is 0 Å². The summed E-state index contributed by atoms with van der Waals surface area (Å²) in [5.74, 6) is -0.265.